The molecular weight excluding hydrogens is 371 g/mol. The number of nitrogens with zero attached hydrogens (tertiary/aromatic N) is 4. The van der Waals surface area contributed by atoms with Gasteiger partial charge in [0, 0.05) is 11.3 Å². The van der Waals surface area contributed by atoms with Gasteiger partial charge >= 0.3 is 6.18 Å². The largest absolute Gasteiger partial charge is 0.420 e. The van der Waals surface area contributed by atoms with Crippen LogP contribution in [0.15, 0.2) is 36.7 Å². The van der Waals surface area contributed by atoms with Crippen LogP contribution in [0.1, 0.15) is 21.7 Å². The minimum absolute atomic E-state index is 0.0539. The van der Waals surface area contributed by atoms with Crippen molar-refractivity contribution in [3.63, 3.8) is 0 Å². The molecule has 0 aliphatic rings. The van der Waals surface area contributed by atoms with Crippen LogP contribution in [-0.2, 0) is 0 Å². The monoisotopic (exact) mass is 383 g/mol. The van der Waals surface area contributed by atoms with Crippen LogP contribution < -0.4 is 5.32 Å². The molecule has 0 spiro atoms. The molecule has 1 N–H and O–H groups in total. The molecule has 140 valence electrons. The fourth-order valence-corrected chi connectivity index (χ4v) is 2.64. The van der Waals surface area contributed by atoms with Gasteiger partial charge in [-0.15, -0.1) is 6.42 Å². The van der Waals surface area contributed by atoms with Crippen molar-refractivity contribution in [2.45, 2.75) is 19.1 Å². The first-order chi connectivity index (χ1) is 13.3. The van der Waals surface area contributed by atoms with Gasteiger partial charge < -0.3 is 5.32 Å². The molecule has 0 saturated carbocycles. The Morgan fingerprint density at radius 3 is 2.71 bits per heavy atom. The standard InChI is InChI=1S/C19H12F3N5O/c1-3-15(19(20,21)22)26-18(28)16-17-25-14(8-11(2)27(17)10-24-16)13-7-5-4-6-12(13)9-23/h1,4-8,10,15H,2H3,(H,26,28). The molecular formula is C19H12F3N5O. The first-order valence-corrected chi connectivity index (χ1v) is 7.94. The molecule has 1 amide bonds. The molecule has 0 radical (unpaired) electrons. The Bertz CT molecular complexity index is 1150. The zero-order chi connectivity index (χ0) is 20.5. The van der Waals surface area contributed by atoms with Crippen molar-refractivity contribution in [2.24, 2.45) is 0 Å². The topological polar surface area (TPSA) is 83.1 Å². The van der Waals surface area contributed by atoms with E-state index >= 15 is 0 Å². The summed E-state index contributed by atoms with van der Waals surface area (Å²) >= 11 is 0. The Hall–Kier alpha value is -3.85. The zero-order valence-electron chi connectivity index (χ0n) is 14.4. The number of fused-ring (bicyclic) bond motifs is 1. The summed E-state index contributed by atoms with van der Waals surface area (Å²) in [4.78, 5) is 20.6. The number of carbonyl (C=O) groups excluding carboxylic acids is 1. The molecule has 0 aliphatic heterocycles. The van der Waals surface area contributed by atoms with Crippen LogP contribution in [0, 0.1) is 30.6 Å². The van der Waals surface area contributed by atoms with Crippen LogP contribution in [0.5, 0.6) is 0 Å². The van der Waals surface area contributed by atoms with Crippen molar-refractivity contribution in [3.05, 3.63) is 53.6 Å². The van der Waals surface area contributed by atoms with Gasteiger partial charge in [0.05, 0.1) is 17.3 Å². The number of benzene rings is 1. The lowest BCUT2D eigenvalue weighted by molar-refractivity contribution is -0.140. The first-order valence-electron chi connectivity index (χ1n) is 7.94. The van der Waals surface area contributed by atoms with E-state index in [1.165, 1.54) is 16.6 Å². The van der Waals surface area contributed by atoms with Crippen molar-refractivity contribution in [1.82, 2.24) is 19.7 Å². The Morgan fingerprint density at radius 1 is 1.36 bits per heavy atom. The Morgan fingerprint density at radius 2 is 2.07 bits per heavy atom. The number of nitriles is 1. The fourth-order valence-electron chi connectivity index (χ4n) is 2.64. The minimum atomic E-state index is -4.79. The Labute approximate surface area is 157 Å². The van der Waals surface area contributed by atoms with Crippen molar-refractivity contribution in [3.8, 4) is 29.7 Å². The van der Waals surface area contributed by atoms with E-state index in [2.05, 4.69) is 16.0 Å². The van der Waals surface area contributed by atoms with Crippen molar-refractivity contribution in [2.75, 3.05) is 0 Å². The lowest BCUT2D eigenvalue weighted by atomic mass is 10.0. The highest BCUT2D eigenvalue weighted by atomic mass is 19.4. The second-order valence-electron chi connectivity index (χ2n) is 5.84. The number of halogens is 3. The fraction of sp³-hybridized carbons (Fsp3) is 0.158. The number of carbonyl (C=O) groups is 1. The lowest BCUT2D eigenvalue weighted by Gasteiger charge is -2.15. The number of aromatic nitrogens is 3. The van der Waals surface area contributed by atoms with E-state index in [4.69, 9.17) is 6.42 Å². The number of nitrogens with one attached hydrogen (secondary N) is 1. The molecule has 2 heterocycles. The Kier molecular flexibility index (Phi) is 4.76. The molecule has 0 fully saturated rings. The van der Waals surface area contributed by atoms with Gasteiger partial charge in [0.2, 0.25) is 0 Å². The summed E-state index contributed by atoms with van der Waals surface area (Å²) in [6.07, 6.45) is 1.36. The molecule has 0 bridgehead atoms. The Balaban J connectivity index is 2.09. The molecule has 3 rings (SSSR count). The second-order valence-corrected chi connectivity index (χ2v) is 5.84. The first kappa shape index (κ1) is 18.9. The summed E-state index contributed by atoms with van der Waals surface area (Å²) in [5, 5.41) is 11.0. The number of alkyl halides is 3. The highest BCUT2D eigenvalue weighted by molar-refractivity contribution is 5.98. The van der Waals surface area contributed by atoms with Crippen molar-refractivity contribution >= 4 is 11.6 Å². The number of aryl methyl sites for hydroxylation is 1. The van der Waals surface area contributed by atoms with Gasteiger partial charge in [0.1, 0.15) is 6.33 Å². The number of imidazole rings is 1. The lowest BCUT2D eigenvalue weighted by Crippen LogP contribution is -2.44. The van der Waals surface area contributed by atoms with Gasteiger partial charge in [-0.25, -0.2) is 9.97 Å². The summed E-state index contributed by atoms with van der Waals surface area (Å²) in [5.74, 6) is 0.402. The summed E-state index contributed by atoms with van der Waals surface area (Å²) < 4.78 is 40.0. The smallest absolute Gasteiger partial charge is 0.329 e. The van der Waals surface area contributed by atoms with Gasteiger partial charge in [-0.2, -0.15) is 18.4 Å². The molecule has 2 aromatic heterocycles. The SMILES string of the molecule is C#CC(NC(=O)c1ncn2c(C)cc(-c3ccccc3C#N)nc12)C(F)(F)F. The molecule has 6 nitrogen and oxygen atoms in total. The maximum absolute atomic E-state index is 12.8. The van der Waals surface area contributed by atoms with Crippen molar-refractivity contribution < 1.29 is 18.0 Å². The van der Waals surface area contributed by atoms with Crippen LogP contribution in [-0.4, -0.2) is 32.5 Å². The maximum Gasteiger partial charge on any atom is 0.420 e. The van der Waals surface area contributed by atoms with Gasteiger partial charge in [-0.1, -0.05) is 24.1 Å². The third-order valence-corrected chi connectivity index (χ3v) is 4.00. The van der Waals surface area contributed by atoms with Crippen LogP contribution in [0.3, 0.4) is 0 Å². The normalized spacial score (nSPS) is 12.2. The number of terminal acetylenes is 1. The van der Waals surface area contributed by atoms with Gasteiger partial charge in [0.15, 0.2) is 17.4 Å². The average Bonchev–Trinajstić information content (AvgIpc) is 3.09. The minimum Gasteiger partial charge on any atom is -0.329 e. The molecule has 3 aromatic rings. The van der Waals surface area contributed by atoms with Gasteiger partial charge in [0.25, 0.3) is 5.91 Å². The second kappa shape index (κ2) is 7.05. The molecule has 1 atom stereocenters. The predicted molar refractivity (Wildman–Crippen MR) is 94.0 cm³/mol. The summed E-state index contributed by atoms with van der Waals surface area (Å²) in [7, 11) is 0. The summed E-state index contributed by atoms with van der Waals surface area (Å²) in [6.45, 7) is 1.72. The van der Waals surface area contributed by atoms with Crippen LogP contribution in [0.2, 0.25) is 0 Å². The van der Waals surface area contributed by atoms with Crippen molar-refractivity contribution in [1.29, 1.82) is 5.26 Å². The third-order valence-electron chi connectivity index (χ3n) is 4.00. The van der Waals surface area contributed by atoms with E-state index < -0.39 is 18.1 Å². The van der Waals surface area contributed by atoms with E-state index in [0.29, 0.717) is 22.5 Å². The zero-order valence-corrected chi connectivity index (χ0v) is 14.4. The van der Waals surface area contributed by atoms with E-state index in [-0.39, 0.29) is 11.3 Å². The molecule has 0 saturated heterocycles. The van der Waals surface area contributed by atoms with Crippen LogP contribution in [0.25, 0.3) is 16.9 Å². The number of hydrogen-bond donors (Lipinski definition) is 1. The number of amides is 1. The molecule has 1 aromatic carbocycles. The number of rotatable bonds is 3. The highest BCUT2D eigenvalue weighted by Crippen LogP contribution is 2.25. The summed E-state index contributed by atoms with van der Waals surface area (Å²) in [5.41, 5.74) is 1.67. The van der Waals surface area contributed by atoms with E-state index in [1.807, 2.05) is 0 Å². The third kappa shape index (κ3) is 3.38. The number of hydrogen-bond acceptors (Lipinski definition) is 4. The molecule has 9 heteroatoms. The average molecular weight is 383 g/mol. The van der Waals surface area contributed by atoms with E-state index in [0.717, 1.165) is 0 Å². The summed E-state index contributed by atoms with van der Waals surface area (Å²) in [6, 6.07) is 8.02. The quantitative estimate of drug-likeness (QED) is 0.705. The highest BCUT2D eigenvalue weighted by Gasteiger charge is 2.40. The van der Waals surface area contributed by atoms with E-state index in [1.54, 1.807) is 42.6 Å². The molecule has 1 unspecified atom stereocenters. The van der Waals surface area contributed by atoms with E-state index in [9.17, 15) is 23.2 Å². The molecule has 28 heavy (non-hydrogen) atoms. The van der Waals surface area contributed by atoms with Crippen LogP contribution >= 0.6 is 0 Å². The predicted octanol–water partition coefficient (Wildman–Crippen LogP) is 2.87. The molecule has 0 aliphatic carbocycles. The maximum atomic E-state index is 12.8. The van der Waals surface area contributed by atoms with Gasteiger partial charge in [-0.05, 0) is 19.1 Å². The van der Waals surface area contributed by atoms with Crippen LogP contribution in [0.4, 0.5) is 13.2 Å². The van der Waals surface area contributed by atoms with Gasteiger partial charge in [-0.3, -0.25) is 9.20 Å².